The van der Waals surface area contributed by atoms with Crippen LogP contribution in [-0.4, -0.2) is 13.1 Å². The zero-order valence-electron chi connectivity index (χ0n) is 10.5. The highest BCUT2D eigenvalue weighted by molar-refractivity contribution is 6.33. The lowest BCUT2D eigenvalue weighted by atomic mass is 10.0. The van der Waals surface area contributed by atoms with Crippen LogP contribution in [0, 0.1) is 12.7 Å². The third-order valence-electron chi connectivity index (χ3n) is 2.84. The van der Waals surface area contributed by atoms with Crippen LogP contribution in [0.25, 0.3) is 11.1 Å². The maximum atomic E-state index is 14.4. The fourth-order valence-corrected chi connectivity index (χ4v) is 2.02. The van der Waals surface area contributed by atoms with Gasteiger partial charge in [0.05, 0.1) is 12.1 Å². The fourth-order valence-electron chi connectivity index (χ4n) is 1.80. The molecule has 0 unspecified atom stereocenters. The first-order valence-corrected chi connectivity index (χ1v) is 6.05. The number of carbonyl (C=O) groups is 1. The van der Waals surface area contributed by atoms with Gasteiger partial charge in [-0.25, -0.2) is 9.18 Å². The lowest BCUT2D eigenvalue weighted by Gasteiger charge is -2.09. The predicted molar refractivity (Wildman–Crippen MR) is 72.9 cm³/mol. The summed E-state index contributed by atoms with van der Waals surface area (Å²) in [6, 6.07) is 10.4. The summed E-state index contributed by atoms with van der Waals surface area (Å²) in [6.45, 7) is 1.95. The van der Waals surface area contributed by atoms with E-state index in [1.54, 1.807) is 18.2 Å². The molecular weight excluding hydrogens is 267 g/mol. The molecule has 0 aromatic heterocycles. The highest BCUT2D eigenvalue weighted by atomic mass is 35.5. The van der Waals surface area contributed by atoms with Crippen LogP contribution in [0.5, 0.6) is 0 Å². The maximum absolute atomic E-state index is 14.4. The minimum absolute atomic E-state index is 0.0419. The molecule has 0 amide bonds. The van der Waals surface area contributed by atoms with Gasteiger partial charge >= 0.3 is 5.97 Å². The maximum Gasteiger partial charge on any atom is 0.342 e. The monoisotopic (exact) mass is 278 g/mol. The Morgan fingerprint density at radius 3 is 2.37 bits per heavy atom. The molecule has 0 N–H and O–H groups in total. The lowest BCUT2D eigenvalue weighted by molar-refractivity contribution is 0.0596. The molecule has 2 aromatic carbocycles. The zero-order chi connectivity index (χ0) is 14.0. The zero-order valence-corrected chi connectivity index (χ0v) is 11.3. The van der Waals surface area contributed by atoms with E-state index in [0.29, 0.717) is 11.1 Å². The molecule has 2 aromatic rings. The summed E-state index contributed by atoms with van der Waals surface area (Å²) in [4.78, 5) is 11.5. The predicted octanol–water partition coefficient (Wildman–Crippen LogP) is 4.24. The lowest BCUT2D eigenvalue weighted by Crippen LogP contribution is -2.06. The molecule has 19 heavy (non-hydrogen) atoms. The quantitative estimate of drug-likeness (QED) is 0.768. The van der Waals surface area contributed by atoms with Gasteiger partial charge in [-0.05, 0) is 24.6 Å². The Hall–Kier alpha value is -1.87. The van der Waals surface area contributed by atoms with Crippen LogP contribution in [0.4, 0.5) is 4.39 Å². The summed E-state index contributed by atoms with van der Waals surface area (Å²) >= 11 is 5.85. The van der Waals surface area contributed by atoms with E-state index in [9.17, 15) is 9.18 Å². The largest absolute Gasteiger partial charge is 0.465 e. The average Bonchev–Trinajstić information content (AvgIpc) is 2.40. The number of methoxy groups -OCH3 is 1. The third-order valence-corrected chi connectivity index (χ3v) is 3.16. The molecule has 2 rings (SSSR count). The van der Waals surface area contributed by atoms with Crippen molar-refractivity contribution >= 4 is 17.6 Å². The molecule has 0 aliphatic carbocycles. The first-order chi connectivity index (χ1) is 9.04. The van der Waals surface area contributed by atoms with Crippen LogP contribution in [0.2, 0.25) is 5.02 Å². The summed E-state index contributed by atoms with van der Waals surface area (Å²) in [5, 5.41) is 0.0419. The highest BCUT2D eigenvalue weighted by Crippen LogP contribution is 2.30. The van der Waals surface area contributed by atoms with Crippen LogP contribution < -0.4 is 0 Å². The molecule has 0 atom stereocenters. The smallest absolute Gasteiger partial charge is 0.342 e. The van der Waals surface area contributed by atoms with Crippen molar-refractivity contribution in [3.63, 3.8) is 0 Å². The Morgan fingerprint density at radius 1 is 1.16 bits per heavy atom. The number of benzene rings is 2. The molecule has 0 aliphatic heterocycles. The number of aryl methyl sites for hydroxylation is 1. The van der Waals surface area contributed by atoms with Gasteiger partial charge in [0.1, 0.15) is 11.4 Å². The molecule has 0 aliphatic rings. The molecule has 0 bridgehead atoms. The van der Waals surface area contributed by atoms with Gasteiger partial charge in [-0.2, -0.15) is 0 Å². The molecule has 0 heterocycles. The number of hydrogen-bond donors (Lipinski definition) is 0. The van der Waals surface area contributed by atoms with Crippen molar-refractivity contribution < 1.29 is 13.9 Å². The summed E-state index contributed by atoms with van der Waals surface area (Å²) in [5.74, 6) is -1.44. The van der Waals surface area contributed by atoms with E-state index in [2.05, 4.69) is 4.74 Å². The van der Waals surface area contributed by atoms with Crippen LogP contribution in [0.3, 0.4) is 0 Å². The van der Waals surface area contributed by atoms with Crippen molar-refractivity contribution in [3.8, 4) is 11.1 Å². The fraction of sp³-hybridized carbons (Fsp3) is 0.133. The Labute approximate surface area is 115 Å². The van der Waals surface area contributed by atoms with E-state index in [1.807, 2.05) is 19.1 Å². The SMILES string of the molecule is COC(=O)c1c(Cl)ccc(-c2ccc(C)cc2)c1F. The second-order valence-electron chi connectivity index (χ2n) is 4.14. The van der Waals surface area contributed by atoms with Crippen LogP contribution >= 0.6 is 11.6 Å². The van der Waals surface area contributed by atoms with Crippen molar-refractivity contribution in [3.05, 3.63) is 58.4 Å². The highest BCUT2D eigenvalue weighted by Gasteiger charge is 2.20. The average molecular weight is 279 g/mol. The van der Waals surface area contributed by atoms with Gasteiger partial charge in [0, 0.05) is 5.56 Å². The summed E-state index contributed by atoms with van der Waals surface area (Å²) < 4.78 is 18.9. The topological polar surface area (TPSA) is 26.3 Å². The molecule has 0 radical (unpaired) electrons. The molecule has 2 nitrogen and oxygen atoms in total. The third kappa shape index (κ3) is 2.61. The number of halogens is 2. The van der Waals surface area contributed by atoms with E-state index in [4.69, 9.17) is 11.6 Å². The van der Waals surface area contributed by atoms with Gasteiger partial charge in [0.25, 0.3) is 0 Å². The van der Waals surface area contributed by atoms with Gasteiger partial charge in [0.15, 0.2) is 0 Å². The van der Waals surface area contributed by atoms with Crippen molar-refractivity contribution in [2.75, 3.05) is 7.11 Å². The van der Waals surface area contributed by atoms with Crippen molar-refractivity contribution in [2.45, 2.75) is 6.92 Å². The molecular formula is C15H12ClFO2. The number of hydrogen-bond acceptors (Lipinski definition) is 2. The number of esters is 1. The van der Waals surface area contributed by atoms with Gasteiger partial charge in [0.2, 0.25) is 0 Å². The first-order valence-electron chi connectivity index (χ1n) is 5.68. The van der Waals surface area contributed by atoms with Crippen LogP contribution in [-0.2, 0) is 4.74 Å². The van der Waals surface area contributed by atoms with Crippen molar-refractivity contribution in [2.24, 2.45) is 0 Å². The van der Waals surface area contributed by atoms with E-state index in [0.717, 1.165) is 5.56 Å². The molecule has 0 spiro atoms. The summed E-state index contributed by atoms with van der Waals surface area (Å²) in [7, 11) is 1.19. The molecule has 0 fully saturated rings. The number of ether oxygens (including phenoxy) is 1. The Kier molecular flexibility index (Phi) is 3.86. The first kappa shape index (κ1) is 13.6. The molecule has 98 valence electrons. The Balaban J connectivity index is 2.60. The summed E-state index contributed by atoms with van der Waals surface area (Å²) in [6.07, 6.45) is 0. The Morgan fingerprint density at radius 2 is 1.79 bits per heavy atom. The number of carbonyl (C=O) groups excluding carboxylic acids is 1. The molecule has 4 heteroatoms. The van der Waals surface area contributed by atoms with E-state index < -0.39 is 11.8 Å². The van der Waals surface area contributed by atoms with Gasteiger partial charge < -0.3 is 4.74 Å². The van der Waals surface area contributed by atoms with E-state index >= 15 is 0 Å². The van der Waals surface area contributed by atoms with Gasteiger partial charge in [-0.15, -0.1) is 0 Å². The van der Waals surface area contributed by atoms with Crippen LogP contribution in [0.15, 0.2) is 36.4 Å². The van der Waals surface area contributed by atoms with Crippen LogP contribution in [0.1, 0.15) is 15.9 Å². The molecule has 0 saturated carbocycles. The number of rotatable bonds is 2. The second-order valence-corrected chi connectivity index (χ2v) is 4.55. The Bertz CT molecular complexity index is 621. The molecule has 0 saturated heterocycles. The van der Waals surface area contributed by atoms with E-state index in [1.165, 1.54) is 13.2 Å². The van der Waals surface area contributed by atoms with Crippen molar-refractivity contribution in [1.82, 2.24) is 0 Å². The summed E-state index contributed by atoms with van der Waals surface area (Å²) in [5.41, 5.74) is 1.85. The normalized spacial score (nSPS) is 10.3. The van der Waals surface area contributed by atoms with Gasteiger partial charge in [-0.3, -0.25) is 0 Å². The minimum Gasteiger partial charge on any atom is -0.465 e. The van der Waals surface area contributed by atoms with Crippen molar-refractivity contribution in [1.29, 1.82) is 0 Å². The standard InChI is InChI=1S/C15H12ClFO2/c1-9-3-5-10(6-4-9)11-7-8-12(16)13(14(11)17)15(18)19-2/h3-8H,1-2H3. The minimum atomic E-state index is -0.781. The second kappa shape index (κ2) is 5.41. The van der Waals surface area contributed by atoms with Gasteiger partial charge in [-0.1, -0.05) is 41.4 Å². The van der Waals surface area contributed by atoms with E-state index in [-0.39, 0.29) is 10.6 Å².